The Morgan fingerprint density at radius 3 is 1.08 bits per heavy atom. The molecule has 0 aromatic heterocycles. The van der Waals surface area contributed by atoms with E-state index in [-0.39, 0.29) is 6.16 Å². The summed E-state index contributed by atoms with van der Waals surface area (Å²) < 4.78 is 26.4. The summed E-state index contributed by atoms with van der Waals surface area (Å²) in [4.78, 5) is 0. The van der Waals surface area contributed by atoms with Crippen LogP contribution in [0.25, 0.3) is 0 Å². The predicted molar refractivity (Wildman–Crippen MR) is 234 cm³/mol. The van der Waals surface area contributed by atoms with Crippen molar-refractivity contribution in [3.05, 3.63) is 28.8 Å². The summed E-state index contributed by atoms with van der Waals surface area (Å²) in [5.41, 5.74) is 2.74. The second-order valence-electron chi connectivity index (χ2n) is 16.6. The zero-order valence-electron chi connectivity index (χ0n) is 36.1. The van der Waals surface area contributed by atoms with Gasteiger partial charge >= 0.3 is 7.60 Å². The van der Waals surface area contributed by atoms with E-state index in [1.165, 1.54) is 180 Å². The molecule has 0 spiro atoms. The molecule has 5 heteroatoms. The molecular weight excluding hydrogens is 671 g/mol. The first-order chi connectivity index (χ1) is 26.0. The number of hydrogen-bond acceptors (Lipinski definition) is 4. The number of rotatable bonds is 41. The average molecular weight is 763 g/mol. The fourth-order valence-corrected chi connectivity index (χ4v) is 9.34. The second kappa shape index (κ2) is 36.8. The highest BCUT2D eigenvalue weighted by atomic mass is 31.2. The lowest BCUT2D eigenvalue weighted by molar-refractivity contribution is 0.196. The molecule has 1 aromatic rings. The zero-order valence-corrected chi connectivity index (χ0v) is 37.0. The molecule has 53 heavy (non-hydrogen) atoms. The molecule has 0 unspecified atom stereocenters. The standard InChI is InChI=1S/C48H91O4P/c1-5-8-11-13-15-17-19-21-23-25-27-29-31-33-35-37-40-51-53(50,44-46-42-45(4)48(49)47(43-46)39-10-7-3)52-41-38-36-34-32-30-28-26-24-22-20-18-16-14-12-9-6-2/h42-43,49H,5-41,44H2,1-4H3. The minimum absolute atomic E-state index is 0.283. The Labute approximate surface area is 331 Å². The van der Waals surface area contributed by atoms with Gasteiger partial charge in [0.2, 0.25) is 0 Å². The van der Waals surface area contributed by atoms with Crippen molar-refractivity contribution in [3.63, 3.8) is 0 Å². The van der Waals surface area contributed by atoms with Crippen LogP contribution in [0.1, 0.15) is 256 Å². The summed E-state index contributed by atoms with van der Waals surface area (Å²) in [7, 11) is -3.28. The predicted octanol–water partition coefficient (Wildman–Crippen LogP) is 17.3. The maximum atomic E-state index is 14.1. The van der Waals surface area contributed by atoms with Crippen molar-refractivity contribution in [2.75, 3.05) is 13.2 Å². The molecule has 0 aliphatic rings. The van der Waals surface area contributed by atoms with E-state index in [1.54, 1.807) is 0 Å². The van der Waals surface area contributed by atoms with Crippen LogP contribution in [0.2, 0.25) is 0 Å². The van der Waals surface area contributed by atoms with Crippen LogP contribution < -0.4 is 0 Å². The molecule has 1 rings (SSSR count). The SMILES string of the molecule is CCCCCCCCCCCCCCCCCCOP(=O)(Cc1cc(C)c(O)c(CCCC)c1)OCCCCCCCCCCCCCCCCCC. The number of hydrogen-bond donors (Lipinski definition) is 1. The van der Waals surface area contributed by atoms with Crippen LogP contribution in [0.5, 0.6) is 5.75 Å². The van der Waals surface area contributed by atoms with Crippen molar-refractivity contribution >= 4 is 7.60 Å². The third-order valence-corrected chi connectivity index (χ3v) is 13.1. The number of aromatic hydroxyl groups is 1. The summed E-state index contributed by atoms with van der Waals surface area (Å²) in [6, 6.07) is 3.99. The largest absolute Gasteiger partial charge is 0.507 e. The van der Waals surface area contributed by atoms with Gasteiger partial charge in [-0.2, -0.15) is 0 Å². The monoisotopic (exact) mass is 763 g/mol. The van der Waals surface area contributed by atoms with Crippen molar-refractivity contribution in [1.82, 2.24) is 0 Å². The number of aryl methyl sites for hydroxylation is 2. The van der Waals surface area contributed by atoms with E-state index in [0.717, 1.165) is 61.6 Å². The van der Waals surface area contributed by atoms with Gasteiger partial charge in [0.25, 0.3) is 0 Å². The van der Waals surface area contributed by atoms with Gasteiger partial charge in [-0.05, 0) is 49.3 Å². The molecule has 1 N–H and O–H groups in total. The smallest absolute Gasteiger partial charge is 0.335 e. The fourth-order valence-electron chi connectivity index (χ4n) is 7.64. The first kappa shape index (κ1) is 50.2. The minimum Gasteiger partial charge on any atom is -0.507 e. The Morgan fingerprint density at radius 1 is 0.453 bits per heavy atom. The van der Waals surface area contributed by atoms with Gasteiger partial charge in [-0.1, -0.05) is 232 Å². The van der Waals surface area contributed by atoms with E-state index in [2.05, 4.69) is 20.8 Å². The maximum Gasteiger partial charge on any atom is 0.335 e. The van der Waals surface area contributed by atoms with Crippen molar-refractivity contribution in [2.24, 2.45) is 0 Å². The molecule has 0 saturated heterocycles. The van der Waals surface area contributed by atoms with Gasteiger partial charge in [0, 0.05) is 0 Å². The van der Waals surface area contributed by atoms with Crippen LogP contribution in [-0.4, -0.2) is 18.3 Å². The number of unbranched alkanes of at least 4 members (excludes halogenated alkanes) is 31. The molecule has 0 heterocycles. The van der Waals surface area contributed by atoms with Crippen LogP contribution in [-0.2, 0) is 26.2 Å². The Bertz CT molecular complexity index is 937. The molecule has 1 aromatic carbocycles. The highest BCUT2D eigenvalue weighted by Gasteiger charge is 2.26. The molecule has 0 fully saturated rings. The number of benzene rings is 1. The van der Waals surface area contributed by atoms with Crippen molar-refractivity contribution in [3.8, 4) is 5.75 Å². The highest BCUT2D eigenvalue weighted by molar-refractivity contribution is 7.53. The molecule has 0 aliphatic heterocycles. The molecule has 312 valence electrons. The molecule has 4 nitrogen and oxygen atoms in total. The quantitative estimate of drug-likeness (QED) is 0.0533. The van der Waals surface area contributed by atoms with Gasteiger partial charge in [0.1, 0.15) is 5.75 Å². The topological polar surface area (TPSA) is 55.8 Å². The van der Waals surface area contributed by atoms with Crippen LogP contribution in [0, 0.1) is 6.92 Å². The lowest BCUT2D eigenvalue weighted by atomic mass is 10.0. The van der Waals surface area contributed by atoms with Crippen LogP contribution in [0.4, 0.5) is 0 Å². The Hall–Kier alpha value is -0.830. The third-order valence-electron chi connectivity index (χ3n) is 11.2. The van der Waals surface area contributed by atoms with E-state index in [1.807, 2.05) is 19.1 Å². The molecule has 0 atom stereocenters. The average Bonchev–Trinajstić information content (AvgIpc) is 3.15. The van der Waals surface area contributed by atoms with Crippen LogP contribution in [0.3, 0.4) is 0 Å². The van der Waals surface area contributed by atoms with E-state index < -0.39 is 7.60 Å². The second-order valence-corrected chi connectivity index (χ2v) is 18.6. The molecule has 0 aliphatic carbocycles. The highest BCUT2D eigenvalue weighted by Crippen LogP contribution is 2.52. The molecule has 0 amide bonds. The lowest BCUT2D eigenvalue weighted by Gasteiger charge is -2.20. The van der Waals surface area contributed by atoms with Gasteiger partial charge < -0.3 is 14.2 Å². The summed E-state index contributed by atoms with van der Waals surface area (Å²) >= 11 is 0. The summed E-state index contributed by atoms with van der Waals surface area (Å²) in [5, 5.41) is 10.6. The van der Waals surface area contributed by atoms with Crippen molar-refractivity contribution in [1.29, 1.82) is 0 Å². The molecule has 0 radical (unpaired) electrons. The summed E-state index contributed by atoms with van der Waals surface area (Å²) in [6.07, 6.45) is 45.9. The van der Waals surface area contributed by atoms with Crippen LogP contribution >= 0.6 is 7.60 Å². The van der Waals surface area contributed by atoms with Crippen molar-refractivity contribution in [2.45, 2.75) is 259 Å². The first-order valence-corrected chi connectivity index (χ1v) is 25.4. The number of phenols is 1. The summed E-state index contributed by atoms with van der Waals surface area (Å²) in [6.45, 7) is 9.67. The zero-order chi connectivity index (χ0) is 38.5. The normalized spacial score (nSPS) is 11.9. The Morgan fingerprint density at radius 2 is 0.755 bits per heavy atom. The molecule has 0 bridgehead atoms. The first-order valence-electron chi connectivity index (χ1n) is 23.6. The van der Waals surface area contributed by atoms with Gasteiger partial charge in [0.15, 0.2) is 0 Å². The Kier molecular flexibility index (Phi) is 34.8. The minimum atomic E-state index is -3.28. The summed E-state index contributed by atoms with van der Waals surface area (Å²) in [5.74, 6) is 0.375. The van der Waals surface area contributed by atoms with E-state index in [0.29, 0.717) is 19.0 Å². The van der Waals surface area contributed by atoms with Gasteiger partial charge in [0.05, 0.1) is 19.4 Å². The maximum absolute atomic E-state index is 14.1. The molecule has 0 saturated carbocycles. The fraction of sp³-hybridized carbons (Fsp3) is 0.875. The number of phenolic OH excluding ortho intramolecular Hbond substituents is 1. The van der Waals surface area contributed by atoms with E-state index in [4.69, 9.17) is 9.05 Å². The van der Waals surface area contributed by atoms with E-state index >= 15 is 0 Å². The Balaban J connectivity index is 2.31. The van der Waals surface area contributed by atoms with Gasteiger partial charge in [-0.3, -0.25) is 4.57 Å². The van der Waals surface area contributed by atoms with Crippen molar-refractivity contribution < 1.29 is 18.7 Å². The molecular formula is C48H91O4P. The van der Waals surface area contributed by atoms with Gasteiger partial charge in [-0.15, -0.1) is 0 Å². The lowest BCUT2D eigenvalue weighted by Crippen LogP contribution is -2.03. The van der Waals surface area contributed by atoms with Crippen LogP contribution in [0.15, 0.2) is 12.1 Å². The van der Waals surface area contributed by atoms with E-state index in [9.17, 15) is 9.67 Å². The third kappa shape index (κ3) is 30.0. The van der Waals surface area contributed by atoms with Gasteiger partial charge in [-0.25, -0.2) is 0 Å².